The predicted octanol–water partition coefficient (Wildman–Crippen LogP) is 4.25. The smallest absolute Gasteiger partial charge is 0.236 e. The number of phenols is 1. The van der Waals surface area contributed by atoms with Crippen molar-refractivity contribution in [2.75, 3.05) is 11.1 Å². The third-order valence-electron chi connectivity index (χ3n) is 3.41. The molecule has 0 saturated carbocycles. The summed E-state index contributed by atoms with van der Waals surface area (Å²) < 4.78 is 1.70. The number of anilines is 1. The maximum Gasteiger partial charge on any atom is 0.236 e. The Morgan fingerprint density at radius 1 is 1.08 bits per heavy atom. The zero-order valence-electron chi connectivity index (χ0n) is 13.2. The van der Waals surface area contributed by atoms with Crippen LogP contribution in [0.25, 0.3) is 20.8 Å². The Balaban J connectivity index is 1.38. The van der Waals surface area contributed by atoms with E-state index in [0.717, 1.165) is 10.2 Å². The van der Waals surface area contributed by atoms with E-state index in [0.29, 0.717) is 20.0 Å². The molecule has 4 aromatic rings. The minimum Gasteiger partial charge on any atom is -0.507 e. The van der Waals surface area contributed by atoms with Gasteiger partial charge in [0.25, 0.3) is 0 Å². The first-order valence-corrected chi connectivity index (χ1v) is 10.2. The summed E-state index contributed by atoms with van der Waals surface area (Å²) in [5, 5.41) is 22.1. The number of aromatic nitrogens is 3. The molecule has 0 atom stereocenters. The van der Waals surface area contributed by atoms with E-state index in [1.165, 1.54) is 34.4 Å². The summed E-state index contributed by atoms with van der Waals surface area (Å²) in [7, 11) is 0. The minimum atomic E-state index is -0.145. The van der Waals surface area contributed by atoms with Crippen molar-refractivity contribution in [3.63, 3.8) is 0 Å². The molecule has 6 nitrogen and oxygen atoms in total. The molecule has 0 unspecified atom stereocenters. The van der Waals surface area contributed by atoms with E-state index < -0.39 is 0 Å². The lowest BCUT2D eigenvalue weighted by atomic mass is 10.2. The molecular weight excluding hydrogens is 388 g/mol. The van der Waals surface area contributed by atoms with Crippen LogP contribution in [0, 0.1) is 0 Å². The maximum atomic E-state index is 12.1. The second-order valence-electron chi connectivity index (χ2n) is 5.21. The number of hydrogen-bond acceptors (Lipinski definition) is 8. The van der Waals surface area contributed by atoms with Gasteiger partial charge < -0.3 is 10.4 Å². The van der Waals surface area contributed by atoms with E-state index in [2.05, 4.69) is 20.5 Å². The van der Waals surface area contributed by atoms with Crippen LogP contribution in [0.15, 0.2) is 52.9 Å². The summed E-state index contributed by atoms with van der Waals surface area (Å²) in [5.74, 6) is 0.229. The first-order chi connectivity index (χ1) is 12.7. The number of benzene rings is 2. The van der Waals surface area contributed by atoms with Gasteiger partial charge in [0.15, 0.2) is 14.5 Å². The fourth-order valence-corrected chi connectivity index (χ4v) is 4.81. The van der Waals surface area contributed by atoms with E-state index in [-0.39, 0.29) is 17.4 Å². The van der Waals surface area contributed by atoms with Crippen molar-refractivity contribution in [3.8, 4) is 16.3 Å². The van der Waals surface area contributed by atoms with E-state index in [1.807, 2.05) is 30.3 Å². The summed E-state index contributed by atoms with van der Waals surface area (Å²) in [6, 6.07) is 14.7. The van der Waals surface area contributed by atoms with Gasteiger partial charge in [-0.15, -0.1) is 10.2 Å². The molecule has 0 aliphatic carbocycles. The van der Waals surface area contributed by atoms with Crippen LogP contribution in [0.5, 0.6) is 5.75 Å². The average Bonchev–Trinajstić information content (AvgIpc) is 3.26. The number of fused-ring (bicyclic) bond motifs is 1. The highest BCUT2D eigenvalue weighted by atomic mass is 32.2. The third-order valence-corrected chi connectivity index (χ3v) is 6.45. The zero-order chi connectivity index (χ0) is 17.9. The Bertz CT molecular complexity index is 1040. The minimum absolute atomic E-state index is 0.145. The first kappa shape index (κ1) is 17.0. The summed E-state index contributed by atoms with van der Waals surface area (Å²) in [5.41, 5.74) is 1.51. The van der Waals surface area contributed by atoms with Gasteiger partial charge in [0.1, 0.15) is 5.75 Å². The molecule has 1 amide bonds. The van der Waals surface area contributed by atoms with Crippen molar-refractivity contribution >= 4 is 55.7 Å². The second kappa shape index (κ2) is 7.40. The molecule has 4 rings (SSSR count). The zero-order valence-corrected chi connectivity index (χ0v) is 15.7. The Morgan fingerprint density at radius 2 is 1.88 bits per heavy atom. The molecule has 0 aliphatic rings. The van der Waals surface area contributed by atoms with Gasteiger partial charge in [-0.3, -0.25) is 4.79 Å². The largest absolute Gasteiger partial charge is 0.507 e. The van der Waals surface area contributed by atoms with Gasteiger partial charge in [-0.2, -0.15) is 0 Å². The molecule has 0 aliphatic heterocycles. The number of carbonyl (C=O) groups is 1. The number of thiazole rings is 1. The molecule has 26 heavy (non-hydrogen) atoms. The molecule has 9 heteroatoms. The Hall–Kier alpha value is -2.49. The van der Waals surface area contributed by atoms with Crippen LogP contribution >= 0.6 is 34.4 Å². The number of carbonyl (C=O) groups excluding carboxylic acids is 1. The van der Waals surface area contributed by atoms with Crippen molar-refractivity contribution in [2.45, 2.75) is 4.34 Å². The van der Waals surface area contributed by atoms with Crippen molar-refractivity contribution in [1.82, 2.24) is 15.2 Å². The van der Waals surface area contributed by atoms with E-state index in [9.17, 15) is 9.90 Å². The van der Waals surface area contributed by atoms with Gasteiger partial charge in [-0.25, -0.2) is 4.98 Å². The number of para-hydroxylation sites is 2. The second-order valence-corrected chi connectivity index (χ2v) is 8.44. The number of nitrogens with one attached hydrogen (secondary N) is 1. The van der Waals surface area contributed by atoms with Gasteiger partial charge in [-0.05, 0) is 24.3 Å². The van der Waals surface area contributed by atoms with Gasteiger partial charge >= 0.3 is 0 Å². The lowest BCUT2D eigenvalue weighted by Gasteiger charge is -1.99. The molecule has 0 fully saturated rings. The molecule has 2 aromatic carbocycles. The number of phenolic OH excluding ortho intramolecular Hbond substituents is 1. The highest BCUT2D eigenvalue weighted by Gasteiger charge is 2.13. The van der Waals surface area contributed by atoms with Crippen molar-refractivity contribution in [2.24, 2.45) is 0 Å². The van der Waals surface area contributed by atoms with Crippen LogP contribution in [0.1, 0.15) is 0 Å². The number of hydrogen-bond donors (Lipinski definition) is 2. The van der Waals surface area contributed by atoms with Gasteiger partial charge in [0.05, 0.1) is 21.5 Å². The molecule has 0 spiro atoms. The van der Waals surface area contributed by atoms with E-state index in [4.69, 9.17) is 0 Å². The number of nitrogens with zero attached hydrogens (tertiary/aromatic N) is 3. The Morgan fingerprint density at radius 3 is 2.73 bits per heavy atom. The van der Waals surface area contributed by atoms with Crippen LogP contribution in [-0.4, -0.2) is 31.9 Å². The summed E-state index contributed by atoms with van der Waals surface area (Å²) in [6.07, 6.45) is 0. The highest BCUT2D eigenvalue weighted by molar-refractivity contribution is 8.01. The van der Waals surface area contributed by atoms with E-state index >= 15 is 0 Å². The Labute approximate surface area is 160 Å². The molecule has 0 saturated heterocycles. The summed E-state index contributed by atoms with van der Waals surface area (Å²) in [6.45, 7) is 0. The summed E-state index contributed by atoms with van der Waals surface area (Å²) in [4.78, 5) is 16.5. The number of aromatic hydroxyl groups is 1. The molecule has 130 valence electrons. The monoisotopic (exact) mass is 400 g/mol. The predicted molar refractivity (Wildman–Crippen MR) is 106 cm³/mol. The highest BCUT2D eigenvalue weighted by Crippen LogP contribution is 2.34. The molecule has 0 radical (unpaired) electrons. The standard InChI is InChI=1S/C17H12N4O2S3/c22-12-7-3-1-5-10(12)15-20-21-17(26-15)24-9-14(23)19-16-18-11-6-2-4-8-13(11)25-16/h1-8,22H,9H2,(H,18,19,23). The molecular formula is C17H12N4O2S3. The number of amides is 1. The van der Waals surface area contributed by atoms with Crippen molar-refractivity contribution in [1.29, 1.82) is 0 Å². The average molecular weight is 401 g/mol. The van der Waals surface area contributed by atoms with Crippen molar-refractivity contribution in [3.05, 3.63) is 48.5 Å². The first-order valence-electron chi connectivity index (χ1n) is 7.59. The lowest BCUT2D eigenvalue weighted by molar-refractivity contribution is -0.113. The molecule has 0 bridgehead atoms. The van der Waals surface area contributed by atoms with Crippen LogP contribution in [-0.2, 0) is 4.79 Å². The number of rotatable bonds is 5. The van der Waals surface area contributed by atoms with Crippen LogP contribution in [0.3, 0.4) is 0 Å². The van der Waals surface area contributed by atoms with E-state index in [1.54, 1.807) is 18.2 Å². The normalized spacial score (nSPS) is 10.9. The fraction of sp³-hybridized carbons (Fsp3) is 0.0588. The van der Waals surface area contributed by atoms with Crippen LogP contribution in [0.2, 0.25) is 0 Å². The van der Waals surface area contributed by atoms with Crippen LogP contribution < -0.4 is 5.32 Å². The molecule has 2 aromatic heterocycles. The van der Waals surface area contributed by atoms with Gasteiger partial charge in [-0.1, -0.05) is 58.7 Å². The van der Waals surface area contributed by atoms with Crippen LogP contribution in [0.4, 0.5) is 5.13 Å². The quantitative estimate of drug-likeness (QED) is 0.487. The third kappa shape index (κ3) is 3.69. The van der Waals surface area contributed by atoms with Gasteiger partial charge in [0.2, 0.25) is 5.91 Å². The van der Waals surface area contributed by atoms with Gasteiger partial charge in [0, 0.05) is 0 Å². The molecule has 2 heterocycles. The number of thioether (sulfide) groups is 1. The van der Waals surface area contributed by atoms with Crippen molar-refractivity contribution < 1.29 is 9.90 Å². The SMILES string of the molecule is O=C(CSc1nnc(-c2ccccc2O)s1)Nc1nc2ccccc2s1. The lowest BCUT2D eigenvalue weighted by Crippen LogP contribution is -2.13. The molecule has 2 N–H and O–H groups in total. The summed E-state index contributed by atoms with van der Waals surface area (Å²) >= 11 is 4.09. The Kier molecular flexibility index (Phi) is 4.83. The fourth-order valence-electron chi connectivity index (χ4n) is 2.24. The topological polar surface area (TPSA) is 88.0 Å². The maximum absolute atomic E-state index is 12.1.